The fourth-order valence-electron chi connectivity index (χ4n) is 1.27. The Labute approximate surface area is 61.5 Å². The standard InChI is InChI=1S/C8H14O2/c1-2-3-7-4-5-8(6-9)10-7/h2,7-9H,1,3-6H2/t7-,8-/m0/s1. The number of aliphatic hydroxyl groups is 1. The van der Waals surface area contributed by atoms with Crippen molar-refractivity contribution in [2.75, 3.05) is 6.61 Å². The summed E-state index contributed by atoms with van der Waals surface area (Å²) in [5.41, 5.74) is 0. The lowest BCUT2D eigenvalue weighted by atomic mass is 10.1. The number of aliphatic hydroxyl groups excluding tert-OH is 1. The van der Waals surface area contributed by atoms with Gasteiger partial charge in [-0.2, -0.15) is 0 Å². The number of hydrogen-bond acceptors (Lipinski definition) is 2. The van der Waals surface area contributed by atoms with Crippen molar-refractivity contribution >= 4 is 0 Å². The van der Waals surface area contributed by atoms with E-state index in [4.69, 9.17) is 9.84 Å². The van der Waals surface area contributed by atoms with Gasteiger partial charge in [-0.05, 0) is 19.3 Å². The van der Waals surface area contributed by atoms with Crippen molar-refractivity contribution in [1.82, 2.24) is 0 Å². The highest BCUT2D eigenvalue weighted by molar-refractivity contribution is 4.79. The smallest absolute Gasteiger partial charge is 0.0810 e. The van der Waals surface area contributed by atoms with E-state index in [-0.39, 0.29) is 12.7 Å². The van der Waals surface area contributed by atoms with E-state index in [2.05, 4.69) is 6.58 Å². The molecule has 1 saturated heterocycles. The Bertz CT molecular complexity index is 112. The second-order valence-electron chi connectivity index (χ2n) is 2.66. The van der Waals surface area contributed by atoms with Gasteiger partial charge in [0, 0.05) is 0 Å². The summed E-state index contributed by atoms with van der Waals surface area (Å²) >= 11 is 0. The second kappa shape index (κ2) is 3.74. The molecular formula is C8H14O2. The van der Waals surface area contributed by atoms with Crippen LogP contribution in [-0.2, 0) is 4.74 Å². The first kappa shape index (κ1) is 7.76. The molecule has 1 fully saturated rings. The van der Waals surface area contributed by atoms with Crippen LogP contribution < -0.4 is 0 Å². The molecule has 2 heteroatoms. The minimum Gasteiger partial charge on any atom is -0.394 e. The van der Waals surface area contributed by atoms with E-state index in [1.165, 1.54) is 0 Å². The molecule has 0 bridgehead atoms. The van der Waals surface area contributed by atoms with Gasteiger partial charge < -0.3 is 9.84 Å². The summed E-state index contributed by atoms with van der Waals surface area (Å²) in [7, 11) is 0. The summed E-state index contributed by atoms with van der Waals surface area (Å²) in [5, 5.41) is 8.70. The third kappa shape index (κ3) is 1.82. The Morgan fingerprint density at radius 1 is 1.50 bits per heavy atom. The lowest BCUT2D eigenvalue weighted by Gasteiger charge is -2.08. The van der Waals surface area contributed by atoms with Gasteiger partial charge in [0.15, 0.2) is 0 Å². The van der Waals surface area contributed by atoms with E-state index in [0.717, 1.165) is 19.3 Å². The SMILES string of the molecule is C=CC[C@H]1CC[C@@H](CO)O1. The summed E-state index contributed by atoms with van der Waals surface area (Å²) in [6.45, 7) is 3.79. The quantitative estimate of drug-likeness (QED) is 0.598. The van der Waals surface area contributed by atoms with Crippen molar-refractivity contribution in [3.63, 3.8) is 0 Å². The Morgan fingerprint density at radius 2 is 2.20 bits per heavy atom. The lowest BCUT2D eigenvalue weighted by Crippen LogP contribution is -2.13. The molecule has 2 atom stereocenters. The molecule has 1 heterocycles. The van der Waals surface area contributed by atoms with Crippen molar-refractivity contribution in [2.45, 2.75) is 31.5 Å². The monoisotopic (exact) mass is 142 g/mol. The summed E-state index contributed by atoms with van der Waals surface area (Å²) in [6, 6.07) is 0. The van der Waals surface area contributed by atoms with Crippen molar-refractivity contribution in [2.24, 2.45) is 0 Å². The predicted molar refractivity (Wildman–Crippen MR) is 39.8 cm³/mol. The van der Waals surface area contributed by atoms with Crippen LogP contribution in [0.25, 0.3) is 0 Å². The molecule has 1 N–H and O–H groups in total. The Kier molecular flexibility index (Phi) is 2.90. The van der Waals surface area contributed by atoms with Crippen LogP contribution in [0.4, 0.5) is 0 Å². The number of hydrogen-bond donors (Lipinski definition) is 1. The number of ether oxygens (including phenoxy) is 1. The number of rotatable bonds is 3. The highest BCUT2D eigenvalue weighted by Crippen LogP contribution is 2.21. The maximum Gasteiger partial charge on any atom is 0.0810 e. The molecule has 0 amide bonds. The first-order valence-electron chi connectivity index (χ1n) is 3.74. The van der Waals surface area contributed by atoms with Crippen LogP contribution in [-0.4, -0.2) is 23.9 Å². The summed E-state index contributed by atoms with van der Waals surface area (Å²) in [5.74, 6) is 0. The zero-order chi connectivity index (χ0) is 7.40. The van der Waals surface area contributed by atoms with E-state index < -0.39 is 0 Å². The van der Waals surface area contributed by atoms with Crippen LogP contribution in [0.2, 0.25) is 0 Å². The molecule has 1 aliphatic rings. The van der Waals surface area contributed by atoms with Crippen molar-refractivity contribution in [3.8, 4) is 0 Å². The molecule has 1 rings (SSSR count). The van der Waals surface area contributed by atoms with Gasteiger partial charge in [-0.3, -0.25) is 0 Å². The van der Waals surface area contributed by atoms with Crippen molar-refractivity contribution < 1.29 is 9.84 Å². The average molecular weight is 142 g/mol. The van der Waals surface area contributed by atoms with E-state index in [1.807, 2.05) is 6.08 Å². The molecule has 58 valence electrons. The molecule has 0 radical (unpaired) electrons. The molecule has 0 unspecified atom stereocenters. The van der Waals surface area contributed by atoms with Gasteiger partial charge >= 0.3 is 0 Å². The van der Waals surface area contributed by atoms with E-state index in [0.29, 0.717) is 6.10 Å². The van der Waals surface area contributed by atoms with Crippen LogP contribution in [0.15, 0.2) is 12.7 Å². The molecule has 0 aromatic carbocycles. The summed E-state index contributed by atoms with van der Waals surface area (Å²) in [6.07, 6.45) is 5.24. The third-order valence-electron chi connectivity index (χ3n) is 1.83. The van der Waals surface area contributed by atoms with Crippen LogP contribution >= 0.6 is 0 Å². The minimum atomic E-state index is 0.0879. The van der Waals surface area contributed by atoms with Gasteiger partial charge in [-0.25, -0.2) is 0 Å². The molecule has 2 nitrogen and oxygen atoms in total. The zero-order valence-electron chi connectivity index (χ0n) is 6.12. The van der Waals surface area contributed by atoms with Gasteiger partial charge in [-0.1, -0.05) is 6.08 Å². The first-order valence-corrected chi connectivity index (χ1v) is 3.74. The summed E-state index contributed by atoms with van der Waals surface area (Å²) in [4.78, 5) is 0. The molecule has 0 aliphatic carbocycles. The molecule has 0 aromatic rings. The maximum atomic E-state index is 8.70. The predicted octanol–water partition coefficient (Wildman–Crippen LogP) is 1.10. The van der Waals surface area contributed by atoms with Crippen LogP contribution in [0, 0.1) is 0 Å². The zero-order valence-corrected chi connectivity index (χ0v) is 6.12. The Hall–Kier alpha value is -0.340. The molecule has 0 spiro atoms. The molecule has 1 aliphatic heterocycles. The summed E-state index contributed by atoms with van der Waals surface area (Å²) < 4.78 is 5.43. The van der Waals surface area contributed by atoms with E-state index >= 15 is 0 Å². The average Bonchev–Trinajstić information content (AvgIpc) is 2.37. The maximum absolute atomic E-state index is 8.70. The highest BCUT2D eigenvalue weighted by Gasteiger charge is 2.22. The fourth-order valence-corrected chi connectivity index (χ4v) is 1.27. The van der Waals surface area contributed by atoms with E-state index in [1.54, 1.807) is 0 Å². The van der Waals surface area contributed by atoms with Gasteiger partial charge in [0.05, 0.1) is 18.8 Å². The second-order valence-corrected chi connectivity index (χ2v) is 2.66. The normalized spacial score (nSPS) is 32.5. The fraction of sp³-hybridized carbons (Fsp3) is 0.750. The van der Waals surface area contributed by atoms with Gasteiger partial charge in [0.1, 0.15) is 0 Å². The largest absolute Gasteiger partial charge is 0.394 e. The molecular weight excluding hydrogens is 128 g/mol. The minimum absolute atomic E-state index is 0.0879. The van der Waals surface area contributed by atoms with Crippen LogP contribution in [0.5, 0.6) is 0 Å². The van der Waals surface area contributed by atoms with Crippen molar-refractivity contribution in [1.29, 1.82) is 0 Å². The lowest BCUT2D eigenvalue weighted by molar-refractivity contribution is 0.0134. The van der Waals surface area contributed by atoms with Crippen molar-refractivity contribution in [3.05, 3.63) is 12.7 Å². The molecule has 0 aromatic heterocycles. The highest BCUT2D eigenvalue weighted by atomic mass is 16.5. The van der Waals surface area contributed by atoms with Crippen LogP contribution in [0.1, 0.15) is 19.3 Å². The van der Waals surface area contributed by atoms with Crippen LogP contribution in [0.3, 0.4) is 0 Å². The Balaban J connectivity index is 2.21. The van der Waals surface area contributed by atoms with Gasteiger partial charge in [-0.15, -0.1) is 6.58 Å². The molecule has 0 saturated carbocycles. The molecule has 10 heavy (non-hydrogen) atoms. The topological polar surface area (TPSA) is 29.5 Å². The van der Waals surface area contributed by atoms with Gasteiger partial charge in [0.25, 0.3) is 0 Å². The van der Waals surface area contributed by atoms with Gasteiger partial charge in [0.2, 0.25) is 0 Å². The van der Waals surface area contributed by atoms with E-state index in [9.17, 15) is 0 Å². The third-order valence-corrected chi connectivity index (χ3v) is 1.83. The Morgan fingerprint density at radius 3 is 2.70 bits per heavy atom. The first-order chi connectivity index (χ1) is 4.86.